The van der Waals surface area contributed by atoms with Crippen molar-refractivity contribution in [3.8, 4) is 6.07 Å². The summed E-state index contributed by atoms with van der Waals surface area (Å²) in [7, 11) is 4.01. The van der Waals surface area contributed by atoms with E-state index in [1.54, 1.807) is 6.20 Å². The summed E-state index contributed by atoms with van der Waals surface area (Å²) in [4.78, 5) is 6.50. The van der Waals surface area contributed by atoms with Gasteiger partial charge in [-0.2, -0.15) is 5.26 Å². The van der Waals surface area contributed by atoms with Crippen LogP contribution in [0, 0.1) is 11.3 Å². The number of pyridine rings is 1. The van der Waals surface area contributed by atoms with Gasteiger partial charge in [-0.15, -0.1) is 0 Å². The zero-order valence-electron chi connectivity index (χ0n) is 12.9. The summed E-state index contributed by atoms with van der Waals surface area (Å²) in [6.45, 7) is 1.58. The van der Waals surface area contributed by atoms with Crippen molar-refractivity contribution in [2.45, 2.75) is 25.1 Å². The maximum Gasteiger partial charge on any atom is 0.120 e. The van der Waals surface area contributed by atoms with Crippen molar-refractivity contribution in [1.82, 2.24) is 14.5 Å². The standard InChI is InChI=1S/C17H20N4O/c1-20-11-13(8-15(20)9-18)12-21(2)16-5-7-22-17(16)14-4-3-6-19-10-14/h3-4,6,8,10-11,16-17H,5,7,12H2,1-2H3/t16-,17+/m0/s1. The Bertz CT molecular complexity index is 674. The van der Waals surface area contributed by atoms with E-state index in [0.717, 1.165) is 30.7 Å². The van der Waals surface area contributed by atoms with E-state index in [4.69, 9.17) is 10.00 Å². The highest BCUT2D eigenvalue weighted by Gasteiger charge is 2.32. The summed E-state index contributed by atoms with van der Waals surface area (Å²) in [6, 6.07) is 8.50. The van der Waals surface area contributed by atoms with Gasteiger partial charge in [0, 0.05) is 50.4 Å². The van der Waals surface area contributed by atoms with Crippen LogP contribution in [0.4, 0.5) is 0 Å². The van der Waals surface area contributed by atoms with Gasteiger partial charge >= 0.3 is 0 Å². The van der Waals surface area contributed by atoms with Crippen molar-refractivity contribution < 1.29 is 4.74 Å². The van der Waals surface area contributed by atoms with Crippen LogP contribution < -0.4 is 0 Å². The summed E-state index contributed by atoms with van der Waals surface area (Å²) >= 11 is 0. The predicted molar refractivity (Wildman–Crippen MR) is 82.9 cm³/mol. The SMILES string of the molecule is CN(Cc1cc(C#N)n(C)c1)[C@H]1CCO[C@@H]1c1cccnc1. The maximum absolute atomic E-state index is 9.06. The molecule has 1 saturated heterocycles. The van der Waals surface area contributed by atoms with Gasteiger partial charge in [0.2, 0.25) is 0 Å². The van der Waals surface area contributed by atoms with Crippen LogP contribution in [-0.2, 0) is 18.3 Å². The molecule has 0 N–H and O–H groups in total. The van der Waals surface area contributed by atoms with E-state index in [9.17, 15) is 0 Å². The third-order valence-corrected chi connectivity index (χ3v) is 4.25. The Morgan fingerprint density at radius 2 is 2.41 bits per heavy atom. The Labute approximate surface area is 130 Å². The van der Waals surface area contributed by atoms with Crippen LogP contribution in [0.3, 0.4) is 0 Å². The van der Waals surface area contributed by atoms with Gasteiger partial charge in [0.1, 0.15) is 11.8 Å². The fourth-order valence-corrected chi connectivity index (χ4v) is 3.13. The Morgan fingerprint density at radius 1 is 1.55 bits per heavy atom. The van der Waals surface area contributed by atoms with Crippen LogP contribution in [0.1, 0.15) is 29.3 Å². The third kappa shape index (κ3) is 2.89. The third-order valence-electron chi connectivity index (χ3n) is 4.25. The monoisotopic (exact) mass is 296 g/mol. The molecule has 2 atom stereocenters. The molecule has 5 nitrogen and oxygen atoms in total. The summed E-state index contributed by atoms with van der Waals surface area (Å²) in [6.07, 6.45) is 6.76. The molecule has 22 heavy (non-hydrogen) atoms. The minimum absolute atomic E-state index is 0.0675. The lowest BCUT2D eigenvalue weighted by Crippen LogP contribution is -2.33. The lowest BCUT2D eigenvalue weighted by atomic mass is 10.0. The normalized spacial score (nSPS) is 21.2. The van der Waals surface area contributed by atoms with Crippen molar-refractivity contribution in [2.24, 2.45) is 7.05 Å². The van der Waals surface area contributed by atoms with Gasteiger partial charge in [-0.25, -0.2) is 0 Å². The zero-order chi connectivity index (χ0) is 15.5. The average molecular weight is 296 g/mol. The molecule has 1 aliphatic rings. The second-order valence-corrected chi connectivity index (χ2v) is 5.81. The number of nitrogens with zero attached hydrogens (tertiary/aromatic N) is 4. The van der Waals surface area contributed by atoms with E-state index in [0.29, 0.717) is 11.7 Å². The quantitative estimate of drug-likeness (QED) is 0.868. The number of hydrogen-bond acceptors (Lipinski definition) is 4. The summed E-state index contributed by atoms with van der Waals surface area (Å²) in [5, 5.41) is 9.06. The summed E-state index contributed by atoms with van der Waals surface area (Å²) in [5.41, 5.74) is 2.97. The second kappa shape index (κ2) is 6.30. The van der Waals surface area contributed by atoms with Crippen molar-refractivity contribution in [1.29, 1.82) is 5.26 Å². The molecule has 0 amide bonds. The molecule has 0 aromatic carbocycles. The van der Waals surface area contributed by atoms with E-state index in [-0.39, 0.29) is 6.10 Å². The Kier molecular flexibility index (Phi) is 4.23. The van der Waals surface area contributed by atoms with Crippen LogP contribution >= 0.6 is 0 Å². The first-order valence-corrected chi connectivity index (χ1v) is 7.46. The zero-order valence-corrected chi connectivity index (χ0v) is 12.9. The van der Waals surface area contributed by atoms with E-state index in [1.807, 2.05) is 36.1 Å². The smallest absolute Gasteiger partial charge is 0.120 e. The van der Waals surface area contributed by atoms with Gasteiger partial charge in [0.05, 0.1) is 6.10 Å². The van der Waals surface area contributed by atoms with Crippen molar-refractivity contribution in [3.63, 3.8) is 0 Å². The Hall–Kier alpha value is -2.16. The molecule has 0 spiro atoms. The van der Waals surface area contributed by atoms with E-state index < -0.39 is 0 Å². The van der Waals surface area contributed by atoms with Crippen molar-refractivity contribution in [2.75, 3.05) is 13.7 Å². The number of hydrogen-bond donors (Lipinski definition) is 0. The minimum Gasteiger partial charge on any atom is -0.372 e. The molecule has 114 valence electrons. The molecular formula is C17H20N4O. The van der Waals surface area contributed by atoms with Crippen LogP contribution in [-0.4, -0.2) is 34.1 Å². The van der Waals surface area contributed by atoms with E-state index in [1.165, 1.54) is 0 Å². The molecular weight excluding hydrogens is 276 g/mol. The molecule has 0 aliphatic carbocycles. The molecule has 2 aromatic heterocycles. The Balaban J connectivity index is 1.73. The minimum atomic E-state index is 0.0675. The number of ether oxygens (including phenoxy) is 1. The topological polar surface area (TPSA) is 54.1 Å². The highest BCUT2D eigenvalue weighted by atomic mass is 16.5. The second-order valence-electron chi connectivity index (χ2n) is 5.81. The van der Waals surface area contributed by atoms with Gasteiger partial charge in [0.25, 0.3) is 0 Å². The first kappa shape index (κ1) is 14.8. The fourth-order valence-electron chi connectivity index (χ4n) is 3.13. The largest absolute Gasteiger partial charge is 0.372 e. The molecule has 1 fully saturated rings. The fraction of sp³-hybridized carbons (Fsp3) is 0.412. The highest BCUT2D eigenvalue weighted by Crippen LogP contribution is 2.32. The number of aromatic nitrogens is 2. The van der Waals surface area contributed by atoms with Crippen LogP contribution in [0.5, 0.6) is 0 Å². The Morgan fingerprint density at radius 3 is 3.09 bits per heavy atom. The number of aryl methyl sites for hydroxylation is 1. The van der Waals surface area contributed by atoms with Gasteiger partial charge < -0.3 is 9.30 Å². The van der Waals surface area contributed by atoms with Crippen LogP contribution in [0.15, 0.2) is 36.8 Å². The molecule has 0 radical (unpaired) electrons. The molecule has 0 saturated carbocycles. The van der Waals surface area contributed by atoms with E-state index in [2.05, 4.69) is 29.1 Å². The maximum atomic E-state index is 9.06. The highest BCUT2D eigenvalue weighted by molar-refractivity contribution is 5.28. The first-order chi connectivity index (χ1) is 10.7. The van der Waals surface area contributed by atoms with Gasteiger partial charge in [0.15, 0.2) is 0 Å². The lowest BCUT2D eigenvalue weighted by Gasteiger charge is -2.28. The van der Waals surface area contributed by atoms with Crippen LogP contribution in [0.2, 0.25) is 0 Å². The molecule has 2 aromatic rings. The van der Waals surface area contributed by atoms with E-state index >= 15 is 0 Å². The number of rotatable bonds is 4. The molecule has 3 rings (SSSR count). The number of likely N-dealkylation sites (N-methyl/N-ethyl adjacent to an activating group) is 1. The predicted octanol–water partition coefficient (Wildman–Crippen LogP) is 2.25. The molecule has 1 aliphatic heterocycles. The summed E-state index contributed by atoms with van der Waals surface area (Å²) in [5.74, 6) is 0. The van der Waals surface area contributed by atoms with Gasteiger partial charge in [-0.3, -0.25) is 9.88 Å². The van der Waals surface area contributed by atoms with Gasteiger partial charge in [-0.1, -0.05) is 6.07 Å². The lowest BCUT2D eigenvalue weighted by molar-refractivity contribution is 0.0670. The molecule has 3 heterocycles. The molecule has 0 bridgehead atoms. The van der Waals surface area contributed by atoms with Gasteiger partial charge in [-0.05, 0) is 31.2 Å². The van der Waals surface area contributed by atoms with Crippen molar-refractivity contribution in [3.05, 3.63) is 53.6 Å². The summed E-state index contributed by atoms with van der Waals surface area (Å²) < 4.78 is 7.79. The molecule has 5 heteroatoms. The first-order valence-electron chi connectivity index (χ1n) is 7.46. The number of nitriles is 1. The van der Waals surface area contributed by atoms with Crippen molar-refractivity contribution >= 4 is 0 Å². The average Bonchev–Trinajstić information content (AvgIpc) is 3.14. The molecule has 0 unspecified atom stereocenters. The van der Waals surface area contributed by atoms with Crippen LogP contribution in [0.25, 0.3) is 0 Å².